The van der Waals surface area contributed by atoms with Crippen LogP contribution in [-0.2, 0) is 4.79 Å². The van der Waals surface area contributed by atoms with Crippen LogP contribution in [-0.4, -0.2) is 58.8 Å². The van der Waals surface area contributed by atoms with Crippen molar-refractivity contribution in [2.24, 2.45) is 10.7 Å². The average molecular weight is 509 g/mol. The number of carbonyl (C=O) groups excluding carboxylic acids is 1. The number of fused-ring (bicyclic) bond motifs is 1. The van der Waals surface area contributed by atoms with E-state index in [1.54, 1.807) is 43.0 Å². The van der Waals surface area contributed by atoms with Crippen molar-refractivity contribution >= 4 is 28.8 Å². The van der Waals surface area contributed by atoms with E-state index >= 15 is 0 Å². The molecule has 1 amide bonds. The summed E-state index contributed by atoms with van der Waals surface area (Å²) in [6.45, 7) is 2.54. The van der Waals surface area contributed by atoms with Gasteiger partial charge in [-0.3, -0.25) is 19.8 Å². The molecule has 0 spiro atoms. The molecule has 1 saturated heterocycles. The van der Waals surface area contributed by atoms with E-state index in [0.29, 0.717) is 46.9 Å². The van der Waals surface area contributed by atoms with Gasteiger partial charge in [-0.2, -0.15) is 0 Å². The van der Waals surface area contributed by atoms with E-state index < -0.39 is 0 Å². The standard InChI is InChI=1S/C28H25FN8O/c29-20-3-1-2-17(8-20)19-9-22(12-31-11-19)35-28(38)27-23-10-18(4-5-24(23)33-6-7-34-27)25-13-32-14-26(36-25)37-15-21(30)16-37/h1-5,8-14,21,33H,6-7,15-16,30H2,(H,35,38). The Morgan fingerprint density at radius 1 is 1.00 bits per heavy atom. The van der Waals surface area contributed by atoms with Gasteiger partial charge in [0.05, 0.1) is 36.5 Å². The number of hydrogen-bond acceptors (Lipinski definition) is 8. The van der Waals surface area contributed by atoms with E-state index in [2.05, 4.69) is 30.5 Å². The van der Waals surface area contributed by atoms with Gasteiger partial charge >= 0.3 is 0 Å². The zero-order valence-corrected chi connectivity index (χ0v) is 20.4. The van der Waals surface area contributed by atoms with Crippen molar-refractivity contribution in [2.45, 2.75) is 6.04 Å². The van der Waals surface area contributed by atoms with Crippen LogP contribution >= 0.6 is 0 Å². The van der Waals surface area contributed by atoms with Crippen molar-refractivity contribution < 1.29 is 9.18 Å². The molecule has 0 saturated carbocycles. The summed E-state index contributed by atoms with van der Waals surface area (Å²) in [7, 11) is 0. The summed E-state index contributed by atoms with van der Waals surface area (Å²) in [6, 6.07) is 13.9. The molecule has 2 aliphatic heterocycles. The Morgan fingerprint density at radius 3 is 2.71 bits per heavy atom. The third kappa shape index (κ3) is 4.81. The second kappa shape index (κ2) is 9.98. The van der Waals surface area contributed by atoms with Crippen molar-refractivity contribution in [2.75, 3.05) is 41.7 Å². The number of anilines is 3. The molecule has 4 heterocycles. The molecule has 0 bridgehead atoms. The highest BCUT2D eigenvalue weighted by atomic mass is 19.1. The quantitative estimate of drug-likeness (QED) is 0.378. The SMILES string of the molecule is NC1CN(c2cncc(-c3ccc4c(c3)C(C(=O)Nc3cncc(-c5cccc(F)c5)c3)=NCCN4)n2)C1. The number of nitrogens with two attached hydrogens (primary N) is 1. The first-order valence-electron chi connectivity index (χ1n) is 12.3. The Hall–Kier alpha value is -4.70. The fourth-order valence-corrected chi connectivity index (χ4v) is 4.56. The lowest BCUT2D eigenvalue weighted by Gasteiger charge is -2.37. The van der Waals surface area contributed by atoms with Crippen LogP contribution in [0.25, 0.3) is 22.4 Å². The number of halogens is 1. The van der Waals surface area contributed by atoms with Gasteiger partial charge in [-0.15, -0.1) is 0 Å². The maximum absolute atomic E-state index is 13.7. The second-order valence-electron chi connectivity index (χ2n) is 9.27. The Balaban J connectivity index is 1.28. The highest BCUT2D eigenvalue weighted by molar-refractivity contribution is 6.50. The number of benzene rings is 2. The third-order valence-corrected chi connectivity index (χ3v) is 6.49. The predicted molar refractivity (Wildman–Crippen MR) is 146 cm³/mol. The molecule has 6 rings (SSSR count). The van der Waals surface area contributed by atoms with Crippen LogP contribution in [0.4, 0.5) is 21.6 Å². The van der Waals surface area contributed by atoms with Gasteiger partial charge in [-0.1, -0.05) is 18.2 Å². The summed E-state index contributed by atoms with van der Waals surface area (Å²) < 4.78 is 13.7. The lowest BCUT2D eigenvalue weighted by molar-refractivity contribution is -0.110. The summed E-state index contributed by atoms with van der Waals surface area (Å²) >= 11 is 0. The molecule has 2 aromatic heterocycles. The van der Waals surface area contributed by atoms with Crippen LogP contribution in [0.3, 0.4) is 0 Å². The topological polar surface area (TPSA) is 121 Å². The molecule has 9 nitrogen and oxygen atoms in total. The molecule has 10 heteroatoms. The molecule has 2 aromatic carbocycles. The molecular formula is C28H25FN8O. The van der Waals surface area contributed by atoms with E-state index in [4.69, 9.17) is 10.7 Å². The summed E-state index contributed by atoms with van der Waals surface area (Å²) in [5.41, 5.74) is 11.1. The first-order chi connectivity index (χ1) is 18.5. The number of carbonyl (C=O) groups is 1. The molecule has 0 radical (unpaired) electrons. The Morgan fingerprint density at radius 2 is 1.87 bits per heavy atom. The van der Waals surface area contributed by atoms with Gasteiger partial charge in [0.25, 0.3) is 5.91 Å². The van der Waals surface area contributed by atoms with E-state index in [-0.39, 0.29) is 17.8 Å². The smallest absolute Gasteiger partial charge is 0.274 e. The van der Waals surface area contributed by atoms with Gasteiger partial charge in [0.2, 0.25) is 0 Å². The van der Waals surface area contributed by atoms with Crippen molar-refractivity contribution in [1.29, 1.82) is 0 Å². The molecule has 190 valence electrons. The number of aromatic nitrogens is 3. The Bertz CT molecular complexity index is 1550. The van der Waals surface area contributed by atoms with Crippen LogP contribution in [0.1, 0.15) is 5.56 Å². The normalized spacial score (nSPS) is 15.0. The first kappa shape index (κ1) is 23.7. The number of rotatable bonds is 5. The minimum Gasteiger partial charge on any atom is -0.383 e. The number of pyridine rings is 1. The highest BCUT2D eigenvalue weighted by Gasteiger charge is 2.25. The molecule has 0 aliphatic carbocycles. The van der Waals surface area contributed by atoms with Gasteiger partial charge in [0, 0.05) is 54.3 Å². The molecule has 38 heavy (non-hydrogen) atoms. The molecule has 4 N–H and O–H groups in total. The number of hydrogen-bond donors (Lipinski definition) is 3. The Labute approximate surface area is 218 Å². The van der Waals surface area contributed by atoms with Crippen LogP contribution in [0.2, 0.25) is 0 Å². The van der Waals surface area contributed by atoms with Crippen molar-refractivity contribution in [3.8, 4) is 22.4 Å². The van der Waals surface area contributed by atoms with Crippen LogP contribution < -0.4 is 21.3 Å². The Kier molecular flexibility index (Phi) is 6.22. The van der Waals surface area contributed by atoms with E-state index in [1.807, 2.05) is 18.2 Å². The number of benzodiazepines with no additional fused rings is 1. The molecular weight excluding hydrogens is 483 g/mol. The zero-order chi connectivity index (χ0) is 26.1. The number of aliphatic imine (C=N–C) groups is 1. The summed E-state index contributed by atoms with van der Waals surface area (Å²) in [5.74, 6) is 0.0719. The predicted octanol–water partition coefficient (Wildman–Crippen LogP) is 3.35. The largest absolute Gasteiger partial charge is 0.383 e. The van der Waals surface area contributed by atoms with Crippen LogP contribution in [0, 0.1) is 5.82 Å². The maximum Gasteiger partial charge on any atom is 0.274 e. The lowest BCUT2D eigenvalue weighted by atomic mass is 10.0. The summed E-state index contributed by atoms with van der Waals surface area (Å²) in [4.78, 5) is 33.5. The van der Waals surface area contributed by atoms with E-state index in [0.717, 1.165) is 30.2 Å². The molecule has 0 unspecified atom stereocenters. The average Bonchev–Trinajstić information content (AvgIpc) is 3.14. The van der Waals surface area contributed by atoms with Gasteiger partial charge in [0.1, 0.15) is 17.3 Å². The number of nitrogens with zero attached hydrogens (tertiary/aromatic N) is 5. The van der Waals surface area contributed by atoms with Gasteiger partial charge in [-0.25, -0.2) is 9.37 Å². The fraction of sp³-hybridized carbons (Fsp3) is 0.179. The molecule has 2 aliphatic rings. The van der Waals surface area contributed by atoms with E-state index in [9.17, 15) is 9.18 Å². The zero-order valence-electron chi connectivity index (χ0n) is 20.4. The first-order valence-corrected chi connectivity index (χ1v) is 12.3. The monoisotopic (exact) mass is 508 g/mol. The summed E-state index contributed by atoms with van der Waals surface area (Å²) in [6.07, 6.45) is 6.61. The highest BCUT2D eigenvalue weighted by Crippen LogP contribution is 2.28. The lowest BCUT2D eigenvalue weighted by Crippen LogP contribution is -2.56. The van der Waals surface area contributed by atoms with Gasteiger partial charge in [0.15, 0.2) is 0 Å². The van der Waals surface area contributed by atoms with Crippen molar-refractivity contribution in [1.82, 2.24) is 15.0 Å². The fourth-order valence-electron chi connectivity index (χ4n) is 4.56. The molecule has 4 aromatic rings. The minimum atomic E-state index is -0.361. The summed E-state index contributed by atoms with van der Waals surface area (Å²) in [5, 5.41) is 6.25. The maximum atomic E-state index is 13.7. The van der Waals surface area contributed by atoms with Crippen LogP contribution in [0.15, 0.2) is 78.3 Å². The second-order valence-corrected chi connectivity index (χ2v) is 9.27. The molecule has 1 fully saturated rings. The van der Waals surface area contributed by atoms with Gasteiger partial charge < -0.3 is 21.3 Å². The van der Waals surface area contributed by atoms with E-state index in [1.165, 1.54) is 12.1 Å². The number of amides is 1. The van der Waals surface area contributed by atoms with Crippen molar-refractivity contribution in [3.05, 3.63) is 84.7 Å². The van der Waals surface area contributed by atoms with Gasteiger partial charge in [-0.05, 0) is 35.9 Å². The van der Waals surface area contributed by atoms with Crippen LogP contribution in [0.5, 0.6) is 0 Å². The third-order valence-electron chi connectivity index (χ3n) is 6.49. The van der Waals surface area contributed by atoms with Crippen molar-refractivity contribution in [3.63, 3.8) is 0 Å². The molecule has 0 atom stereocenters. The number of nitrogens with one attached hydrogen (secondary N) is 2. The minimum absolute atomic E-state index is 0.154.